The molecule has 0 rings (SSSR count). The summed E-state index contributed by atoms with van der Waals surface area (Å²) in [7, 11) is 0. The summed E-state index contributed by atoms with van der Waals surface area (Å²) in [6, 6.07) is 0. The highest BCUT2D eigenvalue weighted by atomic mass is 16.6. The monoisotopic (exact) mass is 430 g/mol. The average Bonchev–Trinajstić information content (AvgIpc) is 2.72. The summed E-state index contributed by atoms with van der Waals surface area (Å²) < 4.78 is 15.2. The number of hydrogen-bond acceptors (Lipinski definition) is 8. The van der Waals surface area contributed by atoms with Crippen LogP contribution in [0.4, 0.5) is 0 Å². The van der Waals surface area contributed by atoms with Crippen LogP contribution in [0.3, 0.4) is 0 Å². The zero-order valence-electron chi connectivity index (χ0n) is 18.7. The largest absolute Gasteiger partial charge is 0.466 e. The van der Waals surface area contributed by atoms with E-state index in [1.165, 1.54) is 0 Å². The van der Waals surface area contributed by atoms with E-state index >= 15 is 0 Å². The quantitative estimate of drug-likeness (QED) is 0.116. The zero-order valence-corrected chi connectivity index (χ0v) is 18.7. The topological polar surface area (TPSA) is 116 Å². The Morgan fingerprint density at radius 1 is 0.800 bits per heavy atom. The second-order valence-corrected chi connectivity index (χ2v) is 7.36. The molecular formula is C22H38O8. The number of esters is 3. The van der Waals surface area contributed by atoms with Gasteiger partial charge in [0.2, 0.25) is 0 Å². The van der Waals surface area contributed by atoms with Crippen molar-refractivity contribution in [1.29, 1.82) is 0 Å². The summed E-state index contributed by atoms with van der Waals surface area (Å²) >= 11 is 0. The highest BCUT2D eigenvalue weighted by molar-refractivity contribution is 5.99. The molecule has 0 aliphatic rings. The number of carbonyl (C=O) groups is 4. The van der Waals surface area contributed by atoms with E-state index in [2.05, 4.69) is 0 Å². The first-order valence-corrected chi connectivity index (χ1v) is 11.0. The highest BCUT2D eigenvalue weighted by Gasteiger charge is 2.52. The summed E-state index contributed by atoms with van der Waals surface area (Å²) in [5.74, 6) is -5.02. The molecule has 8 nitrogen and oxygen atoms in total. The maximum Gasteiger partial charge on any atom is 0.340 e. The molecule has 0 heterocycles. The standard InChI is InChI=1S/C22H38O8/c1-4-7-10-13-28-19(24)16-22(27,21(26)30-15-12-9-6-3)18(17-23)20(25)29-14-11-8-5-2/h17-18,27H,4-16H2,1-3H3. The summed E-state index contributed by atoms with van der Waals surface area (Å²) in [4.78, 5) is 48.8. The lowest BCUT2D eigenvalue weighted by Gasteiger charge is -2.28. The SMILES string of the molecule is CCCCCOC(=O)CC(O)(C(=O)OCCCCC)C(C=O)C(=O)OCCCCC. The third-order valence-corrected chi connectivity index (χ3v) is 4.66. The molecule has 0 bridgehead atoms. The van der Waals surface area contributed by atoms with Crippen molar-refractivity contribution in [2.24, 2.45) is 5.92 Å². The van der Waals surface area contributed by atoms with Gasteiger partial charge in [-0.1, -0.05) is 59.3 Å². The van der Waals surface area contributed by atoms with E-state index in [9.17, 15) is 24.3 Å². The maximum atomic E-state index is 12.6. The van der Waals surface area contributed by atoms with Crippen molar-refractivity contribution in [1.82, 2.24) is 0 Å². The van der Waals surface area contributed by atoms with E-state index in [1.54, 1.807) is 0 Å². The third kappa shape index (κ3) is 10.7. The predicted octanol–water partition coefficient (Wildman–Crippen LogP) is 3.12. The molecule has 2 atom stereocenters. The maximum absolute atomic E-state index is 12.6. The lowest BCUT2D eigenvalue weighted by Crippen LogP contribution is -2.53. The van der Waals surface area contributed by atoms with Crippen LogP contribution in [0.5, 0.6) is 0 Å². The van der Waals surface area contributed by atoms with Crippen molar-refractivity contribution in [2.75, 3.05) is 19.8 Å². The van der Waals surface area contributed by atoms with Gasteiger partial charge in [0.1, 0.15) is 6.29 Å². The molecule has 0 saturated carbocycles. The van der Waals surface area contributed by atoms with Crippen LogP contribution in [0.15, 0.2) is 0 Å². The van der Waals surface area contributed by atoms with Crippen molar-refractivity contribution in [3.8, 4) is 0 Å². The molecule has 8 heteroatoms. The molecule has 0 aromatic carbocycles. The van der Waals surface area contributed by atoms with Gasteiger partial charge >= 0.3 is 17.9 Å². The predicted molar refractivity (Wildman–Crippen MR) is 111 cm³/mol. The lowest BCUT2D eigenvalue weighted by atomic mass is 9.85. The normalized spacial score (nSPS) is 13.7. The van der Waals surface area contributed by atoms with Gasteiger partial charge in [0.25, 0.3) is 0 Å². The summed E-state index contributed by atoms with van der Waals surface area (Å²) in [5, 5.41) is 10.9. The van der Waals surface area contributed by atoms with Gasteiger partial charge in [-0.25, -0.2) is 4.79 Å². The van der Waals surface area contributed by atoms with Crippen molar-refractivity contribution in [3.63, 3.8) is 0 Å². The number of hydrogen-bond donors (Lipinski definition) is 1. The van der Waals surface area contributed by atoms with Gasteiger partial charge in [0.05, 0.1) is 26.2 Å². The molecule has 2 unspecified atom stereocenters. The Hall–Kier alpha value is -1.96. The number of aldehydes is 1. The van der Waals surface area contributed by atoms with Gasteiger partial charge in [-0.15, -0.1) is 0 Å². The van der Waals surface area contributed by atoms with Crippen molar-refractivity contribution >= 4 is 24.2 Å². The van der Waals surface area contributed by atoms with E-state index in [-0.39, 0.29) is 26.1 Å². The number of rotatable bonds is 18. The van der Waals surface area contributed by atoms with Crippen LogP contribution in [-0.4, -0.2) is 54.7 Å². The Labute approximate surface area is 179 Å². The van der Waals surface area contributed by atoms with E-state index in [1.807, 2.05) is 20.8 Å². The minimum absolute atomic E-state index is 0.0116. The first kappa shape index (κ1) is 28.0. The van der Waals surface area contributed by atoms with E-state index in [0.717, 1.165) is 38.5 Å². The number of ether oxygens (including phenoxy) is 3. The molecule has 1 N–H and O–H groups in total. The molecule has 0 fully saturated rings. The van der Waals surface area contributed by atoms with Crippen molar-refractivity contribution in [2.45, 2.75) is 90.6 Å². The minimum Gasteiger partial charge on any atom is -0.466 e. The Morgan fingerprint density at radius 2 is 1.27 bits per heavy atom. The Bertz CT molecular complexity index is 519. The summed E-state index contributed by atoms with van der Waals surface area (Å²) in [5.41, 5.74) is -2.67. The highest BCUT2D eigenvalue weighted by Crippen LogP contribution is 2.25. The average molecular weight is 431 g/mol. The smallest absolute Gasteiger partial charge is 0.340 e. The second-order valence-electron chi connectivity index (χ2n) is 7.36. The van der Waals surface area contributed by atoms with Gasteiger partial charge < -0.3 is 24.1 Å². The molecule has 174 valence electrons. The number of aliphatic hydroxyl groups is 1. The van der Waals surface area contributed by atoms with Gasteiger partial charge in [0, 0.05) is 0 Å². The molecule has 0 aliphatic heterocycles. The minimum atomic E-state index is -2.67. The van der Waals surface area contributed by atoms with Gasteiger partial charge in [-0.05, 0) is 19.3 Å². The Kier molecular flexibility index (Phi) is 15.7. The molecule has 0 spiro atoms. The van der Waals surface area contributed by atoms with Crippen LogP contribution in [0.1, 0.15) is 85.0 Å². The van der Waals surface area contributed by atoms with E-state index in [4.69, 9.17) is 14.2 Å². The third-order valence-electron chi connectivity index (χ3n) is 4.66. The summed E-state index contributed by atoms with van der Waals surface area (Å²) in [6.45, 7) is 6.15. The molecule has 30 heavy (non-hydrogen) atoms. The number of carbonyl (C=O) groups excluding carboxylic acids is 4. The second kappa shape index (κ2) is 16.8. The summed E-state index contributed by atoms with van der Waals surface area (Å²) in [6.07, 6.45) is 6.28. The van der Waals surface area contributed by atoms with Crippen LogP contribution in [0.25, 0.3) is 0 Å². The fraction of sp³-hybridized carbons (Fsp3) is 0.818. The van der Waals surface area contributed by atoms with Crippen LogP contribution in [0.2, 0.25) is 0 Å². The van der Waals surface area contributed by atoms with Crippen molar-refractivity contribution < 1.29 is 38.5 Å². The first-order valence-electron chi connectivity index (χ1n) is 11.0. The lowest BCUT2D eigenvalue weighted by molar-refractivity contribution is -0.186. The first-order chi connectivity index (χ1) is 14.4. The Balaban J connectivity index is 5.24. The van der Waals surface area contributed by atoms with Crippen LogP contribution in [-0.2, 0) is 33.4 Å². The van der Waals surface area contributed by atoms with Crippen LogP contribution < -0.4 is 0 Å². The number of unbranched alkanes of at least 4 members (excludes halogenated alkanes) is 6. The van der Waals surface area contributed by atoms with E-state index in [0.29, 0.717) is 19.3 Å². The van der Waals surface area contributed by atoms with Crippen LogP contribution in [0, 0.1) is 5.92 Å². The van der Waals surface area contributed by atoms with Gasteiger partial charge in [0.15, 0.2) is 11.5 Å². The molecule has 0 aromatic rings. The van der Waals surface area contributed by atoms with Gasteiger partial charge in [-0.3, -0.25) is 9.59 Å². The van der Waals surface area contributed by atoms with Gasteiger partial charge in [-0.2, -0.15) is 0 Å². The molecule has 0 amide bonds. The zero-order chi connectivity index (χ0) is 22.8. The molecule has 0 saturated heterocycles. The molecule has 0 radical (unpaired) electrons. The molecular weight excluding hydrogens is 392 g/mol. The van der Waals surface area contributed by atoms with Crippen LogP contribution >= 0.6 is 0 Å². The van der Waals surface area contributed by atoms with Crippen molar-refractivity contribution in [3.05, 3.63) is 0 Å². The Morgan fingerprint density at radius 3 is 1.73 bits per heavy atom. The molecule has 0 aromatic heterocycles. The molecule has 0 aliphatic carbocycles. The van der Waals surface area contributed by atoms with E-state index < -0.39 is 35.8 Å². The fourth-order valence-corrected chi connectivity index (χ4v) is 2.74. The fourth-order valence-electron chi connectivity index (χ4n) is 2.74.